The van der Waals surface area contributed by atoms with Crippen molar-refractivity contribution in [3.63, 3.8) is 0 Å². The molecule has 0 aliphatic carbocycles. The molecule has 0 fully saturated rings. The third kappa shape index (κ3) is 3.23. The Hall–Kier alpha value is -1.66. The van der Waals surface area contributed by atoms with Gasteiger partial charge in [-0.15, -0.1) is 0 Å². The van der Waals surface area contributed by atoms with Crippen molar-refractivity contribution in [2.75, 3.05) is 0 Å². The molecule has 0 atom stereocenters. The van der Waals surface area contributed by atoms with Crippen LogP contribution in [0.1, 0.15) is 35.0 Å². The summed E-state index contributed by atoms with van der Waals surface area (Å²) in [5.74, 6) is 0. The van der Waals surface area contributed by atoms with Gasteiger partial charge >= 0.3 is 0 Å². The molecule has 1 heterocycles. The van der Waals surface area contributed by atoms with Crippen LogP contribution in [-0.4, -0.2) is 18.2 Å². The molecule has 0 aliphatic rings. The van der Waals surface area contributed by atoms with Crippen LogP contribution < -0.4 is 4.72 Å². The lowest BCUT2D eigenvalue weighted by atomic mass is 10.1. The van der Waals surface area contributed by atoms with Crippen LogP contribution in [0.3, 0.4) is 0 Å². The van der Waals surface area contributed by atoms with E-state index < -0.39 is 10.0 Å². The summed E-state index contributed by atoms with van der Waals surface area (Å²) in [6.07, 6.45) is 0. The summed E-state index contributed by atoms with van der Waals surface area (Å²) in [4.78, 5) is 0.300. The first-order valence-corrected chi connectivity index (χ1v) is 8.84. The molecule has 0 radical (unpaired) electrons. The monoisotopic (exact) mass is 321 g/mol. The second kappa shape index (κ2) is 6.22. The van der Waals surface area contributed by atoms with Crippen molar-refractivity contribution in [2.45, 2.75) is 52.6 Å². The van der Waals surface area contributed by atoms with Gasteiger partial charge in [0.1, 0.15) is 0 Å². The fourth-order valence-corrected chi connectivity index (χ4v) is 3.51. The van der Waals surface area contributed by atoms with E-state index in [1.54, 1.807) is 12.1 Å². The highest BCUT2D eigenvalue weighted by atomic mass is 32.2. The van der Waals surface area contributed by atoms with Crippen molar-refractivity contribution < 1.29 is 8.42 Å². The second-order valence-electron chi connectivity index (χ2n) is 5.54. The largest absolute Gasteiger partial charge is 0.270 e. The SMILES string of the molecule is CCn1nc(C)c(CNS(=O)(=O)c2ccc(C)c(C)c2)c1C. The predicted molar refractivity (Wildman–Crippen MR) is 87.3 cm³/mol. The van der Waals surface area contributed by atoms with Crippen LogP contribution in [0.15, 0.2) is 23.1 Å². The van der Waals surface area contributed by atoms with E-state index >= 15 is 0 Å². The van der Waals surface area contributed by atoms with E-state index in [2.05, 4.69) is 9.82 Å². The molecule has 2 aromatic rings. The lowest BCUT2D eigenvalue weighted by Gasteiger charge is -2.09. The van der Waals surface area contributed by atoms with Crippen LogP contribution in [0.25, 0.3) is 0 Å². The molecule has 0 amide bonds. The van der Waals surface area contributed by atoms with Crippen LogP contribution in [0.5, 0.6) is 0 Å². The number of rotatable bonds is 5. The molecule has 1 aromatic carbocycles. The Morgan fingerprint density at radius 3 is 2.36 bits per heavy atom. The molecule has 0 unspecified atom stereocenters. The maximum absolute atomic E-state index is 12.4. The van der Waals surface area contributed by atoms with Crippen molar-refractivity contribution in [3.05, 3.63) is 46.3 Å². The van der Waals surface area contributed by atoms with Crippen molar-refractivity contribution in [3.8, 4) is 0 Å². The number of benzene rings is 1. The number of sulfonamides is 1. The first-order chi connectivity index (χ1) is 10.3. The maximum Gasteiger partial charge on any atom is 0.240 e. The highest BCUT2D eigenvalue weighted by Crippen LogP contribution is 2.17. The number of nitrogens with one attached hydrogen (secondary N) is 1. The molecule has 5 nitrogen and oxygen atoms in total. The third-order valence-electron chi connectivity index (χ3n) is 4.06. The summed E-state index contributed by atoms with van der Waals surface area (Å²) >= 11 is 0. The normalized spacial score (nSPS) is 11.9. The quantitative estimate of drug-likeness (QED) is 0.920. The van der Waals surface area contributed by atoms with Gasteiger partial charge in [0.25, 0.3) is 0 Å². The number of aryl methyl sites for hydroxylation is 4. The van der Waals surface area contributed by atoms with Crippen LogP contribution in [0.4, 0.5) is 0 Å². The molecule has 0 spiro atoms. The van der Waals surface area contributed by atoms with Crippen LogP contribution in [-0.2, 0) is 23.1 Å². The van der Waals surface area contributed by atoms with Gasteiger partial charge in [-0.25, -0.2) is 13.1 Å². The highest BCUT2D eigenvalue weighted by molar-refractivity contribution is 7.89. The topological polar surface area (TPSA) is 64.0 Å². The van der Waals surface area contributed by atoms with Gasteiger partial charge in [-0.1, -0.05) is 6.07 Å². The summed E-state index contributed by atoms with van der Waals surface area (Å²) in [6, 6.07) is 5.17. The molecule has 0 bridgehead atoms. The van der Waals surface area contributed by atoms with E-state index in [0.29, 0.717) is 4.90 Å². The summed E-state index contributed by atoms with van der Waals surface area (Å²) < 4.78 is 29.4. The molecule has 22 heavy (non-hydrogen) atoms. The first kappa shape index (κ1) is 16.7. The van der Waals surface area contributed by atoms with Gasteiger partial charge in [-0.3, -0.25) is 4.68 Å². The van der Waals surface area contributed by atoms with Crippen LogP contribution >= 0.6 is 0 Å². The Bertz CT molecular complexity index is 792. The smallest absolute Gasteiger partial charge is 0.240 e. The average Bonchev–Trinajstić information content (AvgIpc) is 2.74. The molecule has 6 heteroatoms. The minimum atomic E-state index is -3.52. The van der Waals surface area contributed by atoms with Crippen LogP contribution in [0.2, 0.25) is 0 Å². The van der Waals surface area contributed by atoms with E-state index in [9.17, 15) is 8.42 Å². The number of hydrogen-bond acceptors (Lipinski definition) is 3. The Balaban J connectivity index is 2.23. The molecule has 2 rings (SSSR count). The Morgan fingerprint density at radius 2 is 1.82 bits per heavy atom. The maximum atomic E-state index is 12.4. The zero-order valence-electron chi connectivity index (χ0n) is 13.8. The van der Waals surface area contributed by atoms with Gasteiger partial charge in [-0.05, 0) is 57.9 Å². The van der Waals surface area contributed by atoms with Gasteiger partial charge in [-0.2, -0.15) is 5.10 Å². The third-order valence-corrected chi connectivity index (χ3v) is 5.46. The fraction of sp³-hybridized carbons (Fsp3) is 0.438. The zero-order chi connectivity index (χ0) is 16.5. The molecule has 0 saturated carbocycles. The summed E-state index contributed by atoms with van der Waals surface area (Å²) in [7, 11) is -3.52. The molecular formula is C16H23N3O2S. The van der Waals surface area contributed by atoms with Gasteiger partial charge in [0.2, 0.25) is 10.0 Å². The lowest BCUT2D eigenvalue weighted by molar-refractivity contribution is 0.580. The molecular weight excluding hydrogens is 298 g/mol. The van der Waals surface area contributed by atoms with Crippen molar-refractivity contribution in [1.29, 1.82) is 0 Å². The highest BCUT2D eigenvalue weighted by Gasteiger charge is 2.17. The minimum absolute atomic E-state index is 0.257. The molecule has 120 valence electrons. The van der Waals surface area contributed by atoms with E-state index in [1.165, 1.54) is 0 Å². The van der Waals surface area contributed by atoms with E-state index in [-0.39, 0.29) is 6.54 Å². The van der Waals surface area contributed by atoms with Crippen molar-refractivity contribution in [2.24, 2.45) is 0 Å². The molecule has 0 aliphatic heterocycles. The average molecular weight is 321 g/mol. The zero-order valence-corrected chi connectivity index (χ0v) is 14.6. The van der Waals surface area contributed by atoms with E-state index in [1.807, 2.05) is 45.4 Å². The van der Waals surface area contributed by atoms with Gasteiger partial charge in [0.15, 0.2) is 0 Å². The van der Waals surface area contributed by atoms with Crippen molar-refractivity contribution >= 4 is 10.0 Å². The molecule has 1 N–H and O–H groups in total. The number of hydrogen-bond donors (Lipinski definition) is 1. The van der Waals surface area contributed by atoms with Crippen LogP contribution in [0, 0.1) is 27.7 Å². The van der Waals surface area contributed by atoms with Gasteiger partial charge in [0, 0.05) is 24.3 Å². The first-order valence-electron chi connectivity index (χ1n) is 7.36. The predicted octanol–water partition coefficient (Wildman–Crippen LogP) is 2.62. The number of aromatic nitrogens is 2. The lowest BCUT2D eigenvalue weighted by Crippen LogP contribution is -2.24. The Labute approximate surface area is 132 Å². The molecule has 0 saturated heterocycles. The summed E-state index contributed by atoms with van der Waals surface area (Å²) in [6.45, 7) is 10.8. The van der Waals surface area contributed by atoms with E-state index in [4.69, 9.17) is 0 Å². The second-order valence-corrected chi connectivity index (χ2v) is 7.30. The van der Waals surface area contributed by atoms with Gasteiger partial charge in [0.05, 0.1) is 10.6 Å². The number of nitrogens with zero attached hydrogens (tertiary/aromatic N) is 2. The van der Waals surface area contributed by atoms with Crippen molar-refractivity contribution in [1.82, 2.24) is 14.5 Å². The standard InChI is InChI=1S/C16H23N3O2S/c1-6-19-14(5)16(13(4)18-19)10-17-22(20,21)15-8-7-11(2)12(3)9-15/h7-9,17H,6,10H2,1-5H3. The summed E-state index contributed by atoms with van der Waals surface area (Å²) in [5, 5.41) is 4.41. The minimum Gasteiger partial charge on any atom is -0.270 e. The van der Waals surface area contributed by atoms with Gasteiger partial charge < -0.3 is 0 Å². The fourth-order valence-electron chi connectivity index (χ4n) is 2.43. The Kier molecular flexibility index (Phi) is 4.72. The Morgan fingerprint density at radius 1 is 1.14 bits per heavy atom. The molecule has 1 aromatic heterocycles. The summed E-state index contributed by atoms with van der Waals surface area (Å²) in [5.41, 5.74) is 4.85. The van der Waals surface area contributed by atoms with E-state index in [0.717, 1.165) is 34.6 Å².